The number of nitrogens with two attached hydrogens (primary N) is 1. The third-order valence-electron chi connectivity index (χ3n) is 2.53. The highest BCUT2D eigenvalue weighted by Crippen LogP contribution is 2.19. The number of aryl methyl sites for hydroxylation is 1. The molecule has 4 heteroatoms. The van der Waals surface area contributed by atoms with Crippen LogP contribution in [0, 0.1) is 0 Å². The molecule has 4 nitrogen and oxygen atoms in total. The first kappa shape index (κ1) is 11.7. The highest BCUT2D eigenvalue weighted by molar-refractivity contribution is 5.33. The highest BCUT2D eigenvalue weighted by atomic mass is 16.5. The summed E-state index contributed by atoms with van der Waals surface area (Å²) >= 11 is 0. The molecule has 0 fully saturated rings. The van der Waals surface area contributed by atoms with Crippen LogP contribution < -0.4 is 10.5 Å². The van der Waals surface area contributed by atoms with Crippen LogP contribution in [0.1, 0.15) is 11.3 Å². The van der Waals surface area contributed by atoms with Crippen molar-refractivity contribution in [2.45, 2.75) is 13.0 Å². The molecule has 0 bridgehead atoms. The lowest BCUT2D eigenvalue weighted by molar-refractivity contribution is 0.297. The van der Waals surface area contributed by atoms with Crippen molar-refractivity contribution in [2.75, 3.05) is 6.54 Å². The smallest absolute Gasteiger partial charge is 0.132 e. The summed E-state index contributed by atoms with van der Waals surface area (Å²) < 4.78 is 7.53. The van der Waals surface area contributed by atoms with E-state index < -0.39 is 0 Å². The molecule has 2 aromatic rings. The van der Waals surface area contributed by atoms with Crippen molar-refractivity contribution in [2.24, 2.45) is 12.8 Å². The molecule has 2 N–H and O–H groups in total. The molecule has 1 aromatic carbocycles. The SMILES string of the molecule is Cn1ccc(COc2ccccc2CCN)n1. The Morgan fingerprint density at radius 2 is 2.12 bits per heavy atom. The maximum absolute atomic E-state index is 5.76. The van der Waals surface area contributed by atoms with Gasteiger partial charge < -0.3 is 10.5 Å². The van der Waals surface area contributed by atoms with Crippen LogP contribution in [0.3, 0.4) is 0 Å². The van der Waals surface area contributed by atoms with E-state index >= 15 is 0 Å². The quantitative estimate of drug-likeness (QED) is 0.848. The normalized spacial score (nSPS) is 10.5. The lowest BCUT2D eigenvalue weighted by Gasteiger charge is -2.09. The number of nitrogens with zero attached hydrogens (tertiary/aromatic N) is 2. The van der Waals surface area contributed by atoms with Crippen molar-refractivity contribution in [3.8, 4) is 5.75 Å². The molecule has 0 aliphatic carbocycles. The number of hydrogen-bond acceptors (Lipinski definition) is 3. The van der Waals surface area contributed by atoms with E-state index in [0.717, 1.165) is 23.4 Å². The maximum atomic E-state index is 5.76. The van der Waals surface area contributed by atoms with Crippen LogP contribution in [-0.2, 0) is 20.1 Å². The van der Waals surface area contributed by atoms with Gasteiger partial charge in [-0.25, -0.2) is 0 Å². The van der Waals surface area contributed by atoms with Crippen LogP contribution in [0.5, 0.6) is 5.75 Å². The molecule has 0 unspecified atom stereocenters. The highest BCUT2D eigenvalue weighted by Gasteiger charge is 2.03. The molecular weight excluding hydrogens is 214 g/mol. The van der Waals surface area contributed by atoms with Crippen molar-refractivity contribution < 1.29 is 4.74 Å². The van der Waals surface area contributed by atoms with Crippen molar-refractivity contribution in [1.82, 2.24) is 9.78 Å². The minimum Gasteiger partial charge on any atom is -0.487 e. The predicted octanol–water partition coefficient (Wildman–Crippen LogP) is 1.50. The first-order chi connectivity index (χ1) is 8.29. The number of ether oxygens (including phenoxy) is 1. The fourth-order valence-electron chi connectivity index (χ4n) is 1.70. The van der Waals surface area contributed by atoms with Crippen molar-refractivity contribution >= 4 is 0 Å². The van der Waals surface area contributed by atoms with Crippen molar-refractivity contribution in [3.05, 3.63) is 47.8 Å². The summed E-state index contributed by atoms with van der Waals surface area (Å²) in [6, 6.07) is 9.92. The van der Waals surface area contributed by atoms with Gasteiger partial charge in [-0.3, -0.25) is 4.68 Å². The molecule has 0 atom stereocenters. The van der Waals surface area contributed by atoms with E-state index in [1.165, 1.54) is 0 Å². The zero-order chi connectivity index (χ0) is 12.1. The third-order valence-corrected chi connectivity index (χ3v) is 2.53. The van der Waals surface area contributed by atoms with Gasteiger partial charge in [-0.2, -0.15) is 5.10 Å². The molecule has 17 heavy (non-hydrogen) atoms. The van der Waals surface area contributed by atoms with Crippen LogP contribution in [0.15, 0.2) is 36.5 Å². The van der Waals surface area contributed by atoms with E-state index in [4.69, 9.17) is 10.5 Å². The molecule has 2 rings (SSSR count). The molecule has 0 aliphatic heterocycles. The second-order valence-corrected chi connectivity index (χ2v) is 3.92. The Balaban J connectivity index is 2.03. The van der Waals surface area contributed by atoms with Gasteiger partial charge in [-0.05, 0) is 30.7 Å². The molecule has 90 valence electrons. The average Bonchev–Trinajstić information content (AvgIpc) is 2.74. The van der Waals surface area contributed by atoms with E-state index in [0.29, 0.717) is 13.2 Å². The Labute approximate surface area is 101 Å². The van der Waals surface area contributed by atoms with E-state index in [9.17, 15) is 0 Å². The van der Waals surface area contributed by atoms with Crippen LogP contribution >= 0.6 is 0 Å². The van der Waals surface area contributed by atoms with Gasteiger partial charge in [0.2, 0.25) is 0 Å². The topological polar surface area (TPSA) is 53.1 Å². The van der Waals surface area contributed by atoms with Crippen LogP contribution in [0.4, 0.5) is 0 Å². The number of hydrogen-bond donors (Lipinski definition) is 1. The minimum absolute atomic E-state index is 0.489. The standard InChI is InChI=1S/C13H17N3O/c1-16-9-7-12(15-16)10-17-13-5-3-2-4-11(13)6-8-14/h2-5,7,9H,6,8,10,14H2,1H3. The van der Waals surface area contributed by atoms with Gasteiger partial charge >= 0.3 is 0 Å². The molecule has 1 aromatic heterocycles. The lowest BCUT2D eigenvalue weighted by atomic mass is 10.1. The monoisotopic (exact) mass is 231 g/mol. The van der Waals surface area contributed by atoms with Gasteiger partial charge in [-0.15, -0.1) is 0 Å². The van der Waals surface area contributed by atoms with Gasteiger partial charge in [0.25, 0.3) is 0 Å². The average molecular weight is 231 g/mol. The maximum Gasteiger partial charge on any atom is 0.132 e. The van der Waals surface area contributed by atoms with E-state index in [1.54, 1.807) is 4.68 Å². The van der Waals surface area contributed by atoms with Crippen molar-refractivity contribution in [1.29, 1.82) is 0 Å². The number of aromatic nitrogens is 2. The van der Waals surface area contributed by atoms with Gasteiger partial charge in [0.1, 0.15) is 12.4 Å². The Kier molecular flexibility index (Phi) is 3.77. The van der Waals surface area contributed by atoms with Crippen LogP contribution in [0.2, 0.25) is 0 Å². The number of rotatable bonds is 5. The summed E-state index contributed by atoms with van der Waals surface area (Å²) in [6.07, 6.45) is 2.74. The van der Waals surface area contributed by atoms with E-state index in [-0.39, 0.29) is 0 Å². The largest absolute Gasteiger partial charge is 0.487 e. The molecule has 0 spiro atoms. The summed E-state index contributed by atoms with van der Waals surface area (Å²) in [5, 5.41) is 4.27. The van der Waals surface area contributed by atoms with Gasteiger partial charge in [-0.1, -0.05) is 18.2 Å². The van der Waals surface area contributed by atoms with E-state index in [2.05, 4.69) is 5.10 Å². The fraction of sp³-hybridized carbons (Fsp3) is 0.308. The summed E-state index contributed by atoms with van der Waals surface area (Å²) in [5.74, 6) is 0.892. The third kappa shape index (κ3) is 3.07. The summed E-state index contributed by atoms with van der Waals surface area (Å²) in [7, 11) is 1.89. The summed E-state index contributed by atoms with van der Waals surface area (Å²) in [4.78, 5) is 0. The molecule has 0 aliphatic rings. The molecule has 0 amide bonds. The van der Waals surface area contributed by atoms with Gasteiger partial charge in [0, 0.05) is 13.2 Å². The lowest BCUT2D eigenvalue weighted by Crippen LogP contribution is -2.05. The van der Waals surface area contributed by atoms with Crippen LogP contribution in [0.25, 0.3) is 0 Å². The molecular formula is C13H17N3O. The second kappa shape index (κ2) is 5.50. The summed E-state index contributed by atoms with van der Waals surface area (Å²) in [6.45, 7) is 1.12. The van der Waals surface area contributed by atoms with Gasteiger partial charge in [0.05, 0.1) is 5.69 Å². The van der Waals surface area contributed by atoms with Crippen molar-refractivity contribution in [3.63, 3.8) is 0 Å². The van der Waals surface area contributed by atoms with Crippen LogP contribution in [-0.4, -0.2) is 16.3 Å². The molecule has 0 radical (unpaired) electrons. The van der Waals surface area contributed by atoms with Gasteiger partial charge in [0.15, 0.2) is 0 Å². The Bertz CT molecular complexity index is 479. The fourth-order valence-corrected chi connectivity index (χ4v) is 1.70. The second-order valence-electron chi connectivity index (χ2n) is 3.92. The molecule has 0 saturated heterocycles. The minimum atomic E-state index is 0.489. The molecule has 1 heterocycles. The molecule has 0 saturated carbocycles. The Hall–Kier alpha value is -1.81. The zero-order valence-electron chi connectivity index (χ0n) is 9.97. The summed E-state index contributed by atoms with van der Waals surface area (Å²) in [5.41, 5.74) is 7.64. The first-order valence-corrected chi connectivity index (χ1v) is 5.69. The zero-order valence-corrected chi connectivity index (χ0v) is 9.97. The Morgan fingerprint density at radius 3 is 2.82 bits per heavy atom. The Morgan fingerprint density at radius 1 is 1.29 bits per heavy atom. The predicted molar refractivity (Wildman–Crippen MR) is 66.7 cm³/mol. The first-order valence-electron chi connectivity index (χ1n) is 5.69. The number of benzene rings is 1. The van der Waals surface area contributed by atoms with E-state index in [1.807, 2.05) is 43.6 Å². The number of para-hydroxylation sites is 1.